The highest BCUT2D eigenvalue weighted by molar-refractivity contribution is 5.89. The Balaban J connectivity index is 2.42. The molecule has 3 rings (SSSR count). The number of aliphatic carboxylic acids is 1. The number of carbonyl (C=O) groups excluding carboxylic acids is 1. The zero-order valence-electron chi connectivity index (χ0n) is 9.24. The van der Waals surface area contributed by atoms with E-state index in [4.69, 9.17) is 9.84 Å². The fourth-order valence-corrected chi connectivity index (χ4v) is 3.84. The first-order valence-electron chi connectivity index (χ1n) is 5.21. The molecule has 0 aromatic carbocycles. The van der Waals surface area contributed by atoms with Crippen molar-refractivity contribution >= 4 is 11.9 Å². The molecule has 0 heterocycles. The van der Waals surface area contributed by atoms with E-state index in [2.05, 4.69) is 0 Å². The van der Waals surface area contributed by atoms with Crippen LogP contribution >= 0.6 is 0 Å². The van der Waals surface area contributed by atoms with Crippen molar-refractivity contribution in [1.82, 2.24) is 0 Å². The number of carboxylic acids is 1. The molecule has 3 aliphatic carbocycles. The predicted octanol–water partition coefficient (Wildman–Crippen LogP) is 1.30. The summed E-state index contributed by atoms with van der Waals surface area (Å²) in [6.45, 7) is 3.95. The molecule has 0 amide bonds. The Bertz CT molecular complexity index is 333. The summed E-state index contributed by atoms with van der Waals surface area (Å²) >= 11 is 0. The van der Waals surface area contributed by atoms with Gasteiger partial charge in [-0.05, 0) is 24.2 Å². The topological polar surface area (TPSA) is 63.6 Å². The summed E-state index contributed by atoms with van der Waals surface area (Å²) in [6.07, 6.45) is 1.47. The number of carboxylic acid groups (broad SMARTS) is 1. The van der Waals surface area contributed by atoms with E-state index in [0.717, 1.165) is 6.42 Å². The number of rotatable bonds is 2. The molecule has 0 aromatic heterocycles. The highest BCUT2D eigenvalue weighted by Crippen LogP contribution is 2.74. The highest BCUT2D eigenvalue weighted by Gasteiger charge is 2.77. The van der Waals surface area contributed by atoms with Crippen LogP contribution in [0.3, 0.4) is 0 Å². The molecule has 1 N–H and O–H groups in total. The standard InChI is InChI=1S/C11H16O4/c1-10(2)6-4-5-11(10,9(14)15-3)7(6)8(12)13/h6-7H,4-5H2,1-3H3,(H,12,13)/t6-,7-,11+/m0/s1. The van der Waals surface area contributed by atoms with Crippen LogP contribution in [0.15, 0.2) is 0 Å². The van der Waals surface area contributed by atoms with E-state index in [1.807, 2.05) is 13.8 Å². The lowest BCUT2D eigenvalue weighted by Gasteiger charge is -2.56. The maximum atomic E-state index is 11.8. The van der Waals surface area contributed by atoms with Gasteiger partial charge < -0.3 is 9.84 Å². The van der Waals surface area contributed by atoms with E-state index in [1.54, 1.807) is 0 Å². The maximum Gasteiger partial charge on any atom is 0.313 e. The molecule has 4 nitrogen and oxygen atoms in total. The predicted molar refractivity (Wildman–Crippen MR) is 52.1 cm³/mol. The first-order chi connectivity index (χ1) is 6.89. The quantitative estimate of drug-likeness (QED) is 0.701. The maximum absolute atomic E-state index is 11.8. The average molecular weight is 212 g/mol. The van der Waals surface area contributed by atoms with Gasteiger partial charge in [0.05, 0.1) is 18.4 Å². The van der Waals surface area contributed by atoms with Crippen molar-refractivity contribution in [2.75, 3.05) is 7.11 Å². The van der Waals surface area contributed by atoms with Crippen molar-refractivity contribution in [3.63, 3.8) is 0 Å². The third-order valence-corrected chi connectivity index (χ3v) is 4.68. The first kappa shape index (κ1) is 10.5. The summed E-state index contributed by atoms with van der Waals surface area (Å²) < 4.78 is 4.79. The van der Waals surface area contributed by atoms with Gasteiger partial charge in [0.15, 0.2) is 0 Å². The Labute approximate surface area is 88.6 Å². The first-order valence-corrected chi connectivity index (χ1v) is 5.21. The number of hydrogen-bond acceptors (Lipinski definition) is 3. The van der Waals surface area contributed by atoms with Crippen LogP contribution in [0.2, 0.25) is 0 Å². The van der Waals surface area contributed by atoms with Crippen LogP contribution in [0.25, 0.3) is 0 Å². The number of ether oxygens (including phenoxy) is 1. The minimum absolute atomic E-state index is 0.120. The van der Waals surface area contributed by atoms with Crippen molar-refractivity contribution in [1.29, 1.82) is 0 Å². The van der Waals surface area contributed by atoms with E-state index >= 15 is 0 Å². The largest absolute Gasteiger partial charge is 0.481 e. The lowest BCUT2D eigenvalue weighted by Crippen LogP contribution is -2.63. The van der Waals surface area contributed by atoms with Gasteiger partial charge in [-0.1, -0.05) is 13.8 Å². The lowest BCUT2D eigenvalue weighted by atomic mass is 9.44. The normalized spacial score (nSPS) is 40.7. The molecule has 84 valence electrons. The van der Waals surface area contributed by atoms with Crippen molar-refractivity contribution in [3.05, 3.63) is 0 Å². The number of fused-ring (bicyclic) bond motifs is 1. The molecule has 0 radical (unpaired) electrons. The van der Waals surface area contributed by atoms with Crippen molar-refractivity contribution in [3.8, 4) is 0 Å². The number of methoxy groups -OCH3 is 1. The van der Waals surface area contributed by atoms with Crippen LogP contribution in [-0.4, -0.2) is 24.2 Å². The molecule has 4 heteroatoms. The van der Waals surface area contributed by atoms with E-state index < -0.39 is 17.3 Å². The van der Waals surface area contributed by atoms with Crippen molar-refractivity contribution in [2.24, 2.45) is 22.7 Å². The molecular weight excluding hydrogens is 196 g/mol. The Hall–Kier alpha value is -1.06. The van der Waals surface area contributed by atoms with Crippen LogP contribution in [0.1, 0.15) is 26.7 Å². The molecule has 0 saturated heterocycles. The molecular formula is C11H16O4. The average Bonchev–Trinajstić information content (AvgIpc) is 2.68. The van der Waals surface area contributed by atoms with Crippen LogP contribution in [-0.2, 0) is 14.3 Å². The van der Waals surface area contributed by atoms with Gasteiger partial charge in [-0.25, -0.2) is 0 Å². The smallest absolute Gasteiger partial charge is 0.313 e. The molecule has 0 unspecified atom stereocenters. The number of esters is 1. The molecule has 3 aliphatic rings. The van der Waals surface area contributed by atoms with Gasteiger partial charge in [0.1, 0.15) is 0 Å². The molecule has 3 atom stereocenters. The molecule has 2 bridgehead atoms. The van der Waals surface area contributed by atoms with Crippen molar-refractivity contribution < 1.29 is 19.4 Å². The molecule has 3 saturated carbocycles. The van der Waals surface area contributed by atoms with Gasteiger partial charge in [0, 0.05) is 0 Å². The third-order valence-electron chi connectivity index (χ3n) is 4.68. The Morgan fingerprint density at radius 1 is 1.40 bits per heavy atom. The number of carbonyl (C=O) groups is 2. The van der Waals surface area contributed by atoms with E-state index in [1.165, 1.54) is 7.11 Å². The molecule has 15 heavy (non-hydrogen) atoms. The molecule has 0 spiro atoms. The summed E-state index contributed by atoms with van der Waals surface area (Å²) in [5.41, 5.74) is -1.01. The second kappa shape index (κ2) is 2.74. The zero-order valence-corrected chi connectivity index (χ0v) is 9.24. The summed E-state index contributed by atoms with van der Waals surface area (Å²) in [5, 5.41) is 9.15. The molecule has 0 aromatic rings. The van der Waals surface area contributed by atoms with Gasteiger partial charge in [0.25, 0.3) is 0 Å². The van der Waals surface area contributed by atoms with E-state index in [-0.39, 0.29) is 17.3 Å². The third kappa shape index (κ3) is 0.880. The Kier molecular flexibility index (Phi) is 1.91. The number of hydrogen-bond donors (Lipinski definition) is 1. The van der Waals surface area contributed by atoms with Crippen LogP contribution in [0.5, 0.6) is 0 Å². The fourth-order valence-electron chi connectivity index (χ4n) is 3.84. The second-order valence-electron chi connectivity index (χ2n) is 5.15. The summed E-state index contributed by atoms with van der Waals surface area (Å²) in [7, 11) is 1.33. The van der Waals surface area contributed by atoms with E-state index in [0.29, 0.717) is 6.42 Å². The van der Waals surface area contributed by atoms with E-state index in [9.17, 15) is 9.59 Å². The highest BCUT2D eigenvalue weighted by atomic mass is 16.5. The molecule has 0 aliphatic heterocycles. The van der Waals surface area contributed by atoms with Crippen LogP contribution < -0.4 is 0 Å². The SMILES string of the molecule is COC(=O)[C@@]12CC[C@@H]([C@H]1C(=O)O)C2(C)C. The minimum Gasteiger partial charge on any atom is -0.481 e. The summed E-state index contributed by atoms with van der Waals surface area (Å²) in [5.74, 6) is -1.63. The van der Waals surface area contributed by atoms with Gasteiger partial charge in [0.2, 0.25) is 0 Å². The van der Waals surface area contributed by atoms with Crippen LogP contribution in [0, 0.1) is 22.7 Å². The van der Waals surface area contributed by atoms with Gasteiger partial charge in [-0.2, -0.15) is 0 Å². The second-order valence-corrected chi connectivity index (χ2v) is 5.15. The van der Waals surface area contributed by atoms with Crippen LogP contribution in [0.4, 0.5) is 0 Å². The van der Waals surface area contributed by atoms with Gasteiger partial charge >= 0.3 is 11.9 Å². The van der Waals surface area contributed by atoms with Crippen molar-refractivity contribution in [2.45, 2.75) is 26.7 Å². The summed E-state index contributed by atoms with van der Waals surface area (Å²) in [4.78, 5) is 23.0. The van der Waals surface area contributed by atoms with Gasteiger partial charge in [-0.15, -0.1) is 0 Å². The lowest BCUT2D eigenvalue weighted by molar-refractivity contribution is -0.202. The fraction of sp³-hybridized carbons (Fsp3) is 0.818. The minimum atomic E-state index is -0.859. The summed E-state index contributed by atoms with van der Waals surface area (Å²) in [6, 6.07) is 0. The monoisotopic (exact) mass is 212 g/mol. The van der Waals surface area contributed by atoms with Gasteiger partial charge in [-0.3, -0.25) is 9.59 Å². The Morgan fingerprint density at radius 3 is 2.40 bits per heavy atom. The zero-order chi connectivity index (χ0) is 11.4. The Morgan fingerprint density at radius 2 is 2.00 bits per heavy atom. The molecule has 3 fully saturated rings.